The summed E-state index contributed by atoms with van der Waals surface area (Å²) in [6.45, 7) is 5.17. The molecule has 1 aliphatic heterocycles. The molecule has 4 rings (SSSR count). The molecule has 0 spiro atoms. The number of nitrogens with zero attached hydrogens (tertiary/aromatic N) is 1. The van der Waals surface area contributed by atoms with Gasteiger partial charge in [-0.05, 0) is 24.6 Å². The normalized spacial score (nSPS) is 19.8. The van der Waals surface area contributed by atoms with Gasteiger partial charge in [-0.1, -0.05) is 18.9 Å². The Morgan fingerprint density at radius 2 is 2.14 bits per heavy atom. The zero-order valence-corrected chi connectivity index (χ0v) is 16.5. The third-order valence-electron chi connectivity index (χ3n) is 3.36. The minimum atomic E-state index is -0.311. The van der Waals surface area contributed by atoms with E-state index >= 15 is 0 Å². The van der Waals surface area contributed by atoms with Crippen molar-refractivity contribution in [3.8, 4) is 0 Å². The molecule has 0 saturated heterocycles. The van der Waals surface area contributed by atoms with Crippen LogP contribution < -0.4 is 0 Å². The molecule has 21 heavy (non-hydrogen) atoms. The Kier molecular flexibility index (Phi) is 7.76. The largest absolute Gasteiger partial charge is 0.337 e. The fraction of sp³-hybridized carbons (Fsp3) is 0.400. The van der Waals surface area contributed by atoms with Crippen LogP contribution in [0.3, 0.4) is 0 Å². The average molecular weight is 401 g/mol. The molecule has 2 atom stereocenters. The topological polar surface area (TPSA) is 20.7 Å². The van der Waals surface area contributed by atoms with Crippen LogP contribution >= 0.6 is 23.8 Å². The van der Waals surface area contributed by atoms with E-state index in [1.807, 2.05) is 13.8 Å². The van der Waals surface area contributed by atoms with E-state index in [9.17, 15) is 4.39 Å². The van der Waals surface area contributed by atoms with Crippen LogP contribution in [0, 0.1) is 22.6 Å². The van der Waals surface area contributed by atoms with Crippen molar-refractivity contribution in [2.45, 2.75) is 32.7 Å². The molecular formula is C15H17ClFN2SY-. The van der Waals surface area contributed by atoms with Crippen molar-refractivity contribution in [3.05, 3.63) is 51.8 Å². The van der Waals surface area contributed by atoms with Gasteiger partial charge in [-0.25, -0.2) is 0 Å². The quantitative estimate of drug-likeness (QED) is 0.489. The SMILES string of the molecule is CC.Fc1c[c-]c(Cl)cc1.S=c1[nH]cc2n1CC1CC21.[Y]. The Balaban J connectivity index is 0.000000185. The van der Waals surface area contributed by atoms with Gasteiger partial charge in [0.2, 0.25) is 0 Å². The second-order valence-electron chi connectivity index (χ2n) is 4.59. The molecule has 2 nitrogen and oxygen atoms in total. The standard InChI is InChI=1S/C7H8N2S.C6H3ClF.C2H6.Y/c10-7-8-2-6-5-1-4(5)3-9(6)7;7-5-1-3-6(8)4-2-5;1-2;/h2,4-5H,1,3H2,(H,8,10);1,3-4H;1-2H3;/q;-1;;. The third-order valence-corrected chi connectivity index (χ3v) is 3.93. The molecule has 2 aliphatic rings. The van der Waals surface area contributed by atoms with Crippen LogP contribution in [0.15, 0.2) is 24.4 Å². The summed E-state index contributed by atoms with van der Waals surface area (Å²) in [5, 5.41) is 0.436. The van der Waals surface area contributed by atoms with E-state index in [1.165, 1.54) is 36.9 Å². The van der Waals surface area contributed by atoms with Crippen molar-refractivity contribution in [1.29, 1.82) is 0 Å². The molecule has 2 aromatic rings. The second-order valence-corrected chi connectivity index (χ2v) is 5.38. The summed E-state index contributed by atoms with van der Waals surface area (Å²) in [5.74, 6) is 1.48. The molecule has 1 N–H and O–H groups in total. The number of fused-ring (bicyclic) bond motifs is 3. The first-order valence-electron chi connectivity index (χ1n) is 6.76. The van der Waals surface area contributed by atoms with Gasteiger partial charge in [-0.15, -0.1) is 29.8 Å². The Labute approximate surface area is 160 Å². The third kappa shape index (κ3) is 4.72. The fourth-order valence-corrected chi connectivity index (χ4v) is 2.69. The van der Waals surface area contributed by atoms with Gasteiger partial charge in [-0.3, -0.25) is 4.39 Å². The van der Waals surface area contributed by atoms with E-state index in [0.717, 1.165) is 16.6 Å². The summed E-state index contributed by atoms with van der Waals surface area (Å²) in [7, 11) is 0. The van der Waals surface area contributed by atoms with Crippen molar-refractivity contribution in [2.75, 3.05) is 0 Å². The molecule has 6 heteroatoms. The Morgan fingerprint density at radius 1 is 1.43 bits per heavy atom. The smallest absolute Gasteiger partial charge is 0.177 e. The van der Waals surface area contributed by atoms with Crippen LogP contribution in [0.5, 0.6) is 0 Å². The summed E-state index contributed by atoms with van der Waals surface area (Å²) in [5.41, 5.74) is 1.44. The van der Waals surface area contributed by atoms with E-state index in [0.29, 0.717) is 5.02 Å². The van der Waals surface area contributed by atoms with Crippen molar-refractivity contribution in [3.63, 3.8) is 0 Å². The number of rotatable bonds is 0. The van der Waals surface area contributed by atoms with Crippen molar-refractivity contribution in [1.82, 2.24) is 9.55 Å². The first-order chi connectivity index (χ1) is 9.65. The van der Waals surface area contributed by atoms with Gasteiger partial charge in [0.15, 0.2) is 4.77 Å². The number of imidazole rings is 1. The zero-order chi connectivity index (χ0) is 14.7. The van der Waals surface area contributed by atoms with E-state index in [4.69, 9.17) is 23.8 Å². The predicted molar refractivity (Wildman–Crippen MR) is 82.1 cm³/mol. The Morgan fingerprint density at radius 3 is 2.67 bits per heavy atom. The second kappa shape index (κ2) is 8.57. The number of benzene rings is 1. The van der Waals surface area contributed by atoms with Crippen molar-refractivity contribution < 1.29 is 37.1 Å². The van der Waals surface area contributed by atoms with Crippen LogP contribution in [0.4, 0.5) is 4.39 Å². The molecule has 1 aliphatic carbocycles. The molecule has 1 radical (unpaired) electrons. The minimum Gasteiger partial charge on any atom is -0.337 e. The van der Waals surface area contributed by atoms with Gasteiger partial charge in [0.1, 0.15) is 0 Å². The van der Waals surface area contributed by atoms with Gasteiger partial charge in [0, 0.05) is 62.9 Å². The van der Waals surface area contributed by atoms with Crippen LogP contribution in [0.1, 0.15) is 31.9 Å². The molecule has 0 bridgehead atoms. The molecule has 0 amide bonds. The van der Waals surface area contributed by atoms with Crippen molar-refractivity contribution in [2.24, 2.45) is 5.92 Å². The maximum Gasteiger partial charge on any atom is 0.177 e. The first kappa shape index (κ1) is 19.0. The first-order valence-corrected chi connectivity index (χ1v) is 7.54. The summed E-state index contributed by atoms with van der Waals surface area (Å²) in [6.07, 6.45) is 3.46. The number of halogens is 2. The molecule has 111 valence electrons. The molecule has 2 heterocycles. The number of aromatic amines is 1. The van der Waals surface area contributed by atoms with E-state index in [-0.39, 0.29) is 38.5 Å². The van der Waals surface area contributed by atoms with Crippen molar-refractivity contribution >= 4 is 23.8 Å². The van der Waals surface area contributed by atoms with Crippen LogP contribution in [0.2, 0.25) is 5.02 Å². The van der Waals surface area contributed by atoms with Gasteiger partial charge in [0.25, 0.3) is 0 Å². The van der Waals surface area contributed by atoms with E-state index in [2.05, 4.69) is 21.8 Å². The maximum atomic E-state index is 12.0. The summed E-state index contributed by atoms with van der Waals surface area (Å²) < 4.78 is 15.1. The molecule has 2 unspecified atom stereocenters. The zero-order valence-electron chi connectivity index (χ0n) is 12.1. The number of nitrogens with one attached hydrogen (secondary N) is 1. The number of H-pyrrole nitrogens is 1. The van der Waals surface area contributed by atoms with Gasteiger partial charge >= 0.3 is 0 Å². The number of aromatic nitrogens is 2. The summed E-state index contributed by atoms with van der Waals surface area (Å²) in [4.78, 5) is 3.07. The Bertz CT molecular complexity index is 602. The van der Waals surface area contributed by atoms with Gasteiger partial charge in [0.05, 0.1) is 0 Å². The van der Waals surface area contributed by atoms with Gasteiger partial charge < -0.3 is 9.55 Å². The minimum absolute atomic E-state index is 0. The molecule has 1 aromatic carbocycles. The van der Waals surface area contributed by atoms with E-state index < -0.39 is 0 Å². The van der Waals surface area contributed by atoms with Crippen LogP contribution in [0.25, 0.3) is 0 Å². The molecular weight excluding hydrogens is 384 g/mol. The maximum absolute atomic E-state index is 12.0. The van der Waals surface area contributed by atoms with Crippen LogP contribution in [-0.4, -0.2) is 9.55 Å². The van der Waals surface area contributed by atoms with Gasteiger partial charge in [-0.2, -0.15) is 6.07 Å². The monoisotopic (exact) mass is 400 g/mol. The predicted octanol–water partition coefficient (Wildman–Crippen LogP) is 4.97. The average Bonchev–Trinajstić information content (AvgIpc) is 3.00. The Hall–Kier alpha value is -0.0261. The van der Waals surface area contributed by atoms with Crippen LogP contribution in [-0.2, 0) is 39.3 Å². The van der Waals surface area contributed by atoms with E-state index in [1.54, 1.807) is 0 Å². The fourth-order valence-electron chi connectivity index (χ4n) is 2.34. The molecule has 1 fully saturated rings. The molecule has 1 aromatic heterocycles. The molecule has 1 saturated carbocycles. The summed E-state index contributed by atoms with van der Waals surface area (Å²) >= 11 is 10.5. The summed E-state index contributed by atoms with van der Waals surface area (Å²) in [6, 6.07) is 6.43. The number of hydrogen-bond donors (Lipinski definition) is 1. The number of hydrogen-bond acceptors (Lipinski definition) is 1.